The fourth-order valence-corrected chi connectivity index (χ4v) is 1.79. The van der Waals surface area contributed by atoms with E-state index in [0.29, 0.717) is 0 Å². The summed E-state index contributed by atoms with van der Waals surface area (Å²) in [6.45, 7) is 12.3. The van der Waals surface area contributed by atoms with Crippen LogP contribution in [0.15, 0.2) is 12.1 Å². The molecule has 0 fully saturated rings. The van der Waals surface area contributed by atoms with Crippen molar-refractivity contribution in [2.75, 3.05) is 0 Å². The molecule has 0 saturated carbocycles. The third-order valence-electron chi connectivity index (χ3n) is 2.62. The molecule has 0 aromatic heterocycles. The Hall–Kier alpha value is -0.195. The van der Waals surface area contributed by atoms with Gasteiger partial charge in [0.05, 0.1) is 0 Å². The van der Waals surface area contributed by atoms with Crippen LogP contribution in [0.5, 0.6) is 0 Å². The van der Waals surface area contributed by atoms with Crippen LogP contribution in [0.1, 0.15) is 53.9 Å². The Bertz CT molecular complexity index is 128. The van der Waals surface area contributed by atoms with E-state index in [9.17, 15) is 0 Å². The first kappa shape index (κ1) is 12.8. The second-order valence-electron chi connectivity index (χ2n) is 4.64. The summed E-state index contributed by atoms with van der Waals surface area (Å²) >= 11 is 0. The summed E-state index contributed by atoms with van der Waals surface area (Å²) in [6, 6.07) is 0. The minimum Gasteiger partial charge on any atom is -0.118 e. The number of rotatable bonds is 6. The molecule has 0 atom stereocenters. The van der Waals surface area contributed by atoms with Crippen LogP contribution in [0.2, 0.25) is 11.6 Å². The topological polar surface area (TPSA) is 0 Å². The van der Waals surface area contributed by atoms with Gasteiger partial charge in [0, 0.05) is 0 Å². The van der Waals surface area contributed by atoms with Crippen LogP contribution in [-0.2, 0) is 0 Å². The molecule has 0 nitrogen and oxygen atoms in total. The summed E-state index contributed by atoms with van der Waals surface area (Å²) in [5, 5.41) is 0. The van der Waals surface area contributed by atoms with Gasteiger partial charge >= 0.3 is 0 Å². The van der Waals surface area contributed by atoms with Gasteiger partial charge in [-0.3, -0.25) is 0 Å². The Morgan fingerprint density at radius 3 is 2.00 bits per heavy atom. The molecule has 0 N–H and O–H groups in total. The molecular formula is C12H25B. The molecule has 0 unspecified atom stereocenters. The summed E-state index contributed by atoms with van der Waals surface area (Å²) in [7, 11) is 0. The van der Waals surface area contributed by atoms with Crippen molar-refractivity contribution < 1.29 is 0 Å². The summed E-state index contributed by atoms with van der Waals surface area (Å²) in [4.78, 5) is 0. The van der Waals surface area contributed by atoms with E-state index in [1.165, 1.54) is 19.3 Å². The maximum Gasteiger partial charge on any atom is 0.171 e. The fraction of sp³-hybridized carbons (Fsp3) is 0.833. The van der Waals surface area contributed by atoms with Crippen LogP contribution in [0.4, 0.5) is 0 Å². The molecule has 0 bridgehead atoms. The molecular weight excluding hydrogens is 155 g/mol. The zero-order valence-electron chi connectivity index (χ0n) is 10.0. The SMILES string of the molecule is CCCC/C=C/B(C(C)C)C(C)C. The summed E-state index contributed by atoms with van der Waals surface area (Å²) in [6.07, 6.45) is 6.26. The van der Waals surface area contributed by atoms with Crippen molar-refractivity contribution >= 4 is 6.71 Å². The lowest BCUT2D eigenvalue weighted by Crippen LogP contribution is -2.18. The average Bonchev–Trinajstić information content (AvgIpc) is 2.02. The Morgan fingerprint density at radius 2 is 1.62 bits per heavy atom. The van der Waals surface area contributed by atoms with E-state index < -0.39 is 0 Å². The molecule has 0 aromatic carbocycles. The third kappa shape index (κ3) is 5.96. The number of hydrogen-bond acceptors (Lipinski definition) is 0. The maximum atomic E-state index is 2.42. The van der Waals surface area contributed by atoms with Crippen LogP contribution in [-0.4, -0.2) is 6.71 Å². The van der Waals surface area contributed by atoms with Crippen molar-refractivity contribution in [2.45, 2.75) is 65.5 Å². The quantitative estimate of drug-likeness (QED) is 0.414. The fourth-order valence-electron chi connectivity index (χ4n) is 1.79. The monoisotopic (exact) mass is 180 g/mol. The standard InChI is InChI=1S/C12H25B/c1-6-7-8-9-10-13(11(2)3)12(4)5/h9-12H,6-8H2,1-5H3/b10-9+. The minimum atomic E-state index is 0.761. The Kier molecular flexibility index (Phi) is 7.12. The largest absolute Gasteiger partial charge is 0.171 e. The van der Waals surface area contributed by atoms with Crippen molar-refractivity contribution in [1.29, 1.82) is 0 Å². The molecule has 76 valence electrons. The van der Waals surface area contributed by atoms with E-state index >= 15 is 0 Å². The van der Waals surface area contributed by atoms with Gasteiger partial charge in [0.15, 0.2) is 6.71 Å². The first-order chi connectivity index (χ1) is 6.09. The molecule has 0 saturated heterocycles. The smallest absolute Gasteiger partial charge is 0.118 e. The van der Waals surface area contributed by atoms with E-state index in [1.54, 1.807) is 0 Å². The Balaban J connectivity index is 3.87. The molecule has 0 rings (SSSR count). The average molecular weight is 180 g/mol. The van der Waals surface area contributed by atoms with Crippen LogP contribution < -0.4 is 0 Å². The van der Waals surface area contributed by atoms with Gasteiger partial charge in [0.25, 0.3) is 0 Å². The molecule has 1 heteroatoms. The highest BCUT2D eigenvalue weighted by Crippen LogP contribution is 2.21. The first-order valence-corrected chi connectivity index (χ1v) is 5.76. The van der Waals surface area contributed by atoms with Gasteiger partial charge in [-0.25, -0.2) is 0 Å². The van der Waals surface area contributed by atoms with Crippen LogP contribution in [0.3, 0.4) is 0 Å². The van der Waals surface area contributed by atoms with E-state index in [1.807, 2.05) is 0 Å². The lowest BCUT2D eigenvalue weighted by atomic mass is 9.35. The van der Waals surface area contributed by atoms with Crippen LogP contribution in [0.25, 0.3) is 0 Å². The van der Waals surface area contributed by atoms with Crippen molar-refractivity contribution in [2.24, 2.45) is 0 Å². The van der Waals surface area contributed by atoms with Crippen molar-refractivity contribution in [3.63, 3.8) is 0 Å². The molecule has 0 radical (unpaired) electrons. The number of hydrogen-bond donors (Lipinski definition) is 0. The van der Waals surface area contributed by atoms with Gasteiger partial charge in [-0.15, -0.1) is 5.98 Å². The molecule has 0 aromatic rings. The molecule has 0 aliphatic carbocycles. The van der Waals surface area contributed by atoms with Gasteiger partial charge in [-0.2, -0.15) is 0 Å². The van der Waals surface area contributed by atoms with Gasteiger partial charge in [0.2, 0.25) is 0 Å². The lowest BCUT2D eigenvalue weighted by Gasteiger charge is -2.16. The number of allylic oxidation sites excluding steroid dienone is 1. The predicted molar refractivity (Wildman–Crippen MR) is 64.6 cm³/mol. The highest BCUT2D eigenvalue weighted by Gasteiger charge is 2.17. The molecule has 0 amide bonds. The lowest BCUT2D eigenvalue weighted by molar-refractivity contribution is 0.814. The zero-order valence-corrected chi connectivity index (χ0v) is 10.0. The molecule has 0 aliphatic rings. The van der Waals surface area contributed by atoms with E-state index in [-0.39, 0.29) is 0 Å². The summed E-state index contributed by atoms with van der Waals surface area (Å²) in [5.74, 6) is 3.97. The second-order valence-corrected chi connectivity index (χ2v) is 4.64. The number of unbranched alkanes of at least 4 members (excludes halogenated alkanes) is 2. The predicted octanol–water partition coefficient (Wildman–Crippen LogP) is 4.59. The molecule has 0 heterocycles. The van der Waals surface area contributed by atoms with Crippen molar-refractivity contribution in [1.82, 2.24) is 0 Å². The van der Waals surface area contributed by atoms with Crippen LogP contribution >= 0.6 is 0 Å². The van der Waals surface area contributed by atoms with Gasteiger partial charge in [0.1, 0.15) is 0 Å². The first-order valence-electron chi connectivity index (χ1n) is 5.76. The van der Waals surface area contributed by atoms with Crippen molar-refractivity contribution in [3.8, 4) is 0 Å². The Morgan fingerprint density at radius 1 is 1.08 bits per heavy atom. The zero-order chi connectivity index (χ0) is 10.3. The summed E-state index contributed by atoms with van der Waals surface area (Å²) < 4.78 is 0. The second kappa shape index (κ2) is 7.23. The Labute approximate surface area is 84.9 Å². The molecule has 0 aliphatic heterocycles. The van der Waals surface area contributed by atoms with Crippen molar-refractivity contribution in [3.05, 3.63) is 12.1 Å². The third-order valence-corrected chi connectivity index (χ3v) is 2.62. The minimum absolute atomic E-state index is 0.761. The normalized spacial score (nSPS) is 11.9. The van der Waals surface area contributed by atoms with E-state index in [2.05, 4.69) is 46.7 Å². The van der Waals surface area contributed by atoms with Gasteiger partial charge < -0.3 is 0 Å². The highest BCUT2D eigenvalue weighted by molar-refractivity contribution is 6.66. The highest BCUT2D eigenvalue weighted by atomic mass is 13.9. The molecule has 13 heavy (non-hydrogen) atoms. The van der Waals surface area contributed by atoms with Crippen LogP contribution in [0, 0.1) is 0 Å². The maximum absolute atomic E-state index is 2.42. The van der Waals surface area contributed by atoms with E-state index in [4.69, 9.17) is 0 Å². The van der Waals surface area contributed by atoms with Gasteiger partial charge in [-0.05, 0) is 6.42 Å². The summed E-state index contributed by atoms with van der Waals surface area (Å²) in [5.41, 5.74) is 0. The van der Waals surface area contributed by atoms with Gasteiger partial charge in [-0.1, -0.05) is 65.2 Å². The molecule has 0 spiro atoms. The van der Waals surface area contributed by atoms with E-state index in [0.717, 1.165) is 18.3 Å².